The Bertz CT molecular complexity index is 1250. The molecule has 0 saturated heterocycles. The molecular formula is C23H18Cl2N4O2. The minimum atomic E-state index is -0.461. The van der Waals surface area contributed by atoms with Crippen LogP contribution in [0.15, 0.2) is 66.7 Å². The normalized spacial score (nSPS) is 10.7. The number of nitrogens with zero attached hydrogens (tertiary/aromatic N) is 3. The Labute approximate surface area is 189 Å². The fraction of sp³-hybridized carbons (Fsp3) is 0.0870. The van der Waals surface area contributed by atoms with Gasteiger partial charge in [-0.2, -0.15) is 0 Å². The van der Waals surface area contributed by atoms with E-state index in [1.165, 1.54) is 7.11 Å². The Morgan fingerprint density at radius 1 is 1.03 bits per heavy atom. The third kappa shape index (κ3) is 4.40. The zero-order valence-corrected chi connectivity index (χ0v) is 18.3. The van der Waals surface area contributed by atoms with Gasteiger partial charge in [0, 0.05) is 15.6 Å². The van der Waals surface area contributed by atoms with Gasteiger partial charge in [0.2, 0.25) is 5.82 Å². The first-order valence-corrected chi connectivity index (χ1v) is 10.2. The molecule has 1 heterocycles. The fourth-order valence-electron chi connectivity index (χ4n) is 3.01. The van der Waals surface area contributed by atoms with Gasteiger partial charge in [0.15, 0.2) is 5.82 Å². The Hall–Kier alpha value is -3.35. The van der Waals surface area contributed by atoms with Crippen molar-refractivity contribution in [2.24, 2.45) is 0 Å². The number of benzene rings is 3. The largest absolute Gasteiger partial charge is 0.495 e. The summed E-state index contributed by atoms with van der Waals surface area (Å²) in [5.41, 5.74) is 2.90. The number of aryl methyl sites for hydroxylation is 1. The van der Waals surface area contributed by atoms with Gasteiger partial charge in [-0.3, -0.25) is 4.79 Å². The predicted octanol–water partition coefficient (Wildman–Crippen LogP) is 5.81. The van der Waals surface area contributed by atoms with Crippen molar-refractivity contribution in [3.05, 3.63) is 88.2 Å². The second-order valence-electron chi connectivity index (χ2n) is 6.77. The number of aromatic nitrogens is 3. The lowest BCUT2D eigenvalue weighted by atomic mass is 10.2. The van der Waals surface area contributed by atoms with E-state index in [1.54, 1.807) is 41.1 Å². The van der Waals surface area contributed by atoms with Crippen molar-refractivity contribution >= 4 is 34.8 Å². The number of methoxy groups -OCH3 is 1. The second kappa shape index (κ2) is 8.79. The van der Waals surface area contributed by atoms with Crippen LogP contribution in [0.2, 0.25) is 10.0 Å². The van der Waals surface area contributed by atoms with Gasteiger partial charge >= 0.3 is 0 Å². The molecule has 4 rings (SSSR count). The lowest BCUT2D eigenvalue weighted by Gasteiger charge is -2.08. The second-order valence-corrected chi connectivity index (χ2v) is 7.61. The maximum Gasteiger partial charge on any atom is 0.295 e. The lowest BCUT2D eigenvalue weighted by molar-refractivity contribution is 0.101. The smallest absolute Gasteiger partial charge is 0.295 e. The van der Waals surface area contributed by atoms with Crippen LogP contribution in [0.25, 0.3) is 17.1 Å². The van der Waals surface area contributed by atoms with Crippen molar-refractivity contribution in [1.29, 1.82) is 0 Å². The van der Waals surface area contributed by atoms with Crippen LogP contribution in [-0.4, -0.2) is 27.8 Å². The van der Waals surface area contributed by atoms with Crippen molar-refractivity contribution in [2.45, 2.75) is 6.92 Å². The SMILES string of the molecule is COc1ccccc1NC(=O)c1nc(-c2ccc(Cl)cc2)n(-c2ccc(C)c(Cl)c2)n1. The van der Waals surface area contributed by atoms with Crippen LogP contribution in [0.5, 0.6) is 5.75 Å². The van der Waals surface area contributed by atoms with Crippen LogP contribution in [0.3, 0.4) is 0 Å². The van der Waals surface area contributed by atoms with E-state index in [0.717, 1.165) is 11.1 Å². The first kappa shape index (κ1) is 20.9. The molecule has 0 atom stereocenters. The summed E-state index contributed by atoms with van der Waals surface area (Å²) in [6.07, 6.45) is 0. The fourth-order valence-corrected chi connectivity index (χ4v) is 3.31. The van der Waals surface area contributed by atoms with Crippen LogP contribution in [0, 0.1) is 6.92 Å². The number of carbonyl (C=O) groups excluding carboxylic acids is 1. The highest BCUT2D eigenvalue weighted by Crippen LogP contribution is 2.27. The Morgan fingerprint density at radius 2 is 1.77 bits per heavy atom. The zero-order chi connectivity index (χ0) is 22.0. The van der Waals surface area contributed by atoms with Crippen molar-refractivity contribution < 1.29 is 9.53 Å². The molecule has 0 saturated carbocycles. The van der Waals surface area contributed by atoms with Gasteiger partial charge in [-0.1, -0.05) is 41.4 Å². The van der Waals surface area contributed by atoms with Gasteiger partial charge in [0.25, 0.3) is 5.91 Å². The quantitative estimate of drug-likeness (QED) is 0.414. The molecule has 0 spiro atoms. The molecule has 31 heavy (non-hydrogen) atoms. The van der Waals surface area contributed by atoms with Gasteiger partial charge in [-0.05, 0) is 61.0 Å². The number of halogens is 2. The Balaban J connectivity index is 1.78. The first-order chi connectivity index (χ1) is 15.0. The molecule has 0 aliphatic rings. The average molecular weight is 453 g/mol. The average Bonchev–Trinajstić information content (AvgIpc) is 3.22. The van der Waals surface area contributed by atoms with E-state index in [4.69, 9.17) is 27.9 Å². The molecule has 0 radical (unpaired) electrons. The number of anilines is 1. The molecule has 0 unspecified atom stereocenters. The van der Waals surface area contributed by atoms with Gasteiger partial charge in [0.1, 0.15) is 5.75 Å². The van der Waals surface area contributed by atoms with E-state index in [2.05, 4.69) is 15.4 Å². The monoisotopic (exact) mass is 452 g/mol. The summed E-state index contributed by atoms with van der Waals surface area (Å²) >= 11 is 12.4. The topological polar surface area (TPSA) is 69.0 Å². The number of para-hydroxylation sites is 2. The molecule has 0 aliphatic heterocycles. The van der Waals surface area contributed by atoms with Crippen LogP contribution in [0.1, 0.15) is 16.2 Å². The van der Waals surface area contributed by atoms with E-state index in [9.17, 15) is 4.79 Å². The highest BCUT2D eigenvalue weighted by atomic mass is 35.5. The summed E-state index contributed by atoms with van der Waals surface area (Å²) in [6.45, 7) is 1.92. The molecular weight excluding hydrogens is 435 g/mol. The summed E-state index contributed by atoms with van der Waals surface area (Å²) in [5, 5.41) is 8.46. The van der Waals surface area contributed by atoms with Crippen molar-refractivity contribution in [3.8, 4) is 22.8 Å². The highest BCUT2D eigenvalue weighted by molar-refractivity contribution is 6.31. The van der Waals surface area contributed by atoms with Gasteiger partial charge in [-0.15, -0.1) is 5.10 Å². The molecule has 156 valence electrons. The third-order valence-corrected chi connectivity index (χ3v) is 5.33. The summed E-state index contributed by atoms with van der Waals surface area (Å²) in [6, 6.07) is 19.8. The molecule has 4 aromatic rings. The maximum absolute atomic E-state index is 12.9. The summed E-state index contributed by atoms with van der Waals surface area (Å²) in [4.78, 5) is 17.4. The van der Waals surface area contributed by atoms with Gasteiger partial charge in [-0.25, -0.2) is 9.67 Å². The Morgan fingerprint density at radius 3 is 2.48 bits per heavy atom. The number of hydrogen-bond acceptors (Lipinski definition) is 4. The number of amides is 1. The van der Waals surface area contributed by atoms with Crippen LogP contribution in [0.4, 0.5) is 5.69 Å². The molecule has 1 amide bonds. The molecule has 8 heteroatoms. The maximum atomic E-state index is 12.9. The number of hydrogen-bond donors (Lipinski definition) is 1. The van der Waals surface area contributed by atoms with Crippen LogP contribution in [-0.2, 0) is 0 Å². The minimum absolute atomic E-state index is 0.00699. The van der Waals surface area contributed by atoms with E-state index in [0.29, 0.717) is 33.0 Å². The number of carbonyl (C=O) groups is 1. The van der Waals surface area contributed by atoms with E-state index in [-0.39, 0.29) is 5.82 Å². The summed E-state index contributed by atoms with van der Waals surface area (Å²) < 4.78 is 6.89. The van der Waals surface area contributed by atoms with Crippen LogP contribution < -0.4 is 10.1 Å². The molecule has 3 aromatic carbocycles. The third-order valence-electron chi connectivity index (χ3n) is 4.67. The van der Waals surface area contributed by atoms with Crippen molar-refractivity contribution in [1.82, 2.24) is 14.8 Å². The number of ether oxygens (including phenoxy) is 1. The highest BCUT2D eigenvalue weighted by Gasteiger charge is 2.20. The van der Waals surface area contributed by atoms with Crippen LogP contribution >= 0.6 is 23.2 Å². The standard InChI is InChI=1S/C23H18Cl2N4O2/c1-14-7-12-17(13-18(14)25)29-22(15-8-10-16(24)11-9-15)27-21(28-29)23(30)26-19-5-3-4-6-20(19)31-2/h3-13H,1-2H3,(H,26,30). The molecule has 1 aromatic heterocycles. The minimum Gasteiger partial charge on any atom is -0.495 e. The Kier molecular flexibility index (Phi) is 5.93. The summed E-state index contributed by atoms with van der Waals surface area (Å²) in [5.74, 6) is 0.574. The first-order valence-electron chi connectivity index (χ1n) is 9.40. The van der Waals surface area contributed by atoms with Gasteiger partial charge in [0.05, 0.1) is 18.5 Å². The van der Waals surface area contributed by atoms with E-state index < -0.39 is 5.91 Å². The molecule has 1 N–H and O–H groups in total. The van der Waals surface area contributed by atoms with Crippen molar-refractivity contribution in [3.63, 3.8) is 0 Å². The van der Waals surface area contributed by atoms with E-state index >= 15 is 0 Å². The number of nitrogens with one attached hydrogen (secondary N) is 1. The zero-order valence-electron chi connectivity index (χ0n) is 16.8. The molecule has 0 bridgehead atoms. The van der Waals surface area contributed by atoms with E-state index in [1.807, 2.05) is 37.3 Å². The summed E-state index contributed by atoms with van der Waals surface area (Å²) in [7, 11) is 1.54. The lowest BCUT2D eigenvalue weighted by Crippen LogP contribution is -2.15. The van der Waals surface area contributed by atoms with Crippen molar-refractivity contribution in [2.75, 3.05) is 12.4 Å². The van der Waals surface area contributed by atoms with Gasteiger partial charge < -0.3 is 10.1 Å². The molecule has 6 nitrogen and oxygen atoms in total. The molecule has 0 aliphatic carbocycles. The number of rotatable bonds is 5. The predicted molar refractivity (Wildman–Crippen MR) is 122 cm³/mol. The molecule has 0 fully saturated rings.